The van der Waals surface area contributed by atoms with Gasteiger partial charge < -0.3 is 10.6 Å². The van der Waals surface area contributed by atoms with E-state index in [0.29, 0.717) is 18.1 Å². The molecule has 2 aromatic rings. The zero-order chi connectivity index (χ0) is 17.6. The number of anilines is 1. The number of aromatic nitrogens is 2. The Balaban J connectivity index is 1.77. The van der Waals surface area contributed by atoms with Gasteiger partial charge in [0.2, 0.25) is 16.9 Å². The molecule has 7 heteroatoms. The maximum absolute atomic E-state index is 11.9. The molecule has 0 atom stereocenters. The van der Waals surface area contributed by atoms with E-state index in [2.05, 4.69) is 20.8 Å². The SMILES string of the molecule is CC(C)(C)C(=O)NCCC(=O)Nc1nnc(Cc2ccccc2)s1. The van der Waals surface area contributed by atoms with Gasteiger partial charge in [-0.1, -0.05) is 62.4 Å². The molecule has 1 heterocycles. The van der Waals surface area contributed by atoms with Crippen molar-refractivity contribution in [2.24, 2.45) is 5.41 Å². The van der Waals surface area contributed by atoms with Gasteiger partial charge in [-0.2, -0.15) is 0 Å². The lowest BCUT2D eigenvalue weighted by Crippen LogP contribution is -2.36. The molecule has 0 unspecified atom stereocenters. The van der Waals surface area contributed by atoms with Crippen LogP contribution in [0, 0.1) is 5.41 Å². The molecule has 2 amide bonds. The van der Waals surface area contributed by atoms with Crippen LogP contribution >= 0.6 is 11.3 Å². The van der Waals surface area contributed by atoms with Crippen molar-refractivity contribution >= 4 is 28.3 Å². The van der Waals surface area contributed by atoms with Crippen molar-refractivity contribution in [3.63, 3.8) is 0 Å². The first kappa shape index (κ1) is 18.1. The summed E-state index contributed by atoms with van der Waals surface area (Å²) in [6, 6.07) is 9.97. The standard InChI is InChI=1S/C17H22N4O2S/c1-17(2,3)15(23)18-10-9-13(22)19-16-21-20-14(24-16)11-12-7-5-4-6-8-12/h4-8H,9-11H2,1-3H3,(H,18,23)(H,19,21,22). The van der Waals surface area contributed by atoms with E-state index >= 15 is 0 Å². The summed E-state index contributed by atoms with van der Waals surface area (Å²) in [6.45, 7) is 5.80. The largest absolute Gasteiger partial charge is 0.355 e. The number of rotatable bonds is 6. The van der Waals surface area contributed by atoms with Gasteiger partial charge in [0.15, 0.2) is 0 Å². The average Bonchev–Trinajstić information content (AvgIpc) is 2.94. The number of nitrogens with one attached hydrogen (secondary N) is 2. The van der Waals surface area contributed by atoms with Crippen LogP contribution in [-0.2, 0) is 16.0 Å². The Morgan fingerprint density at radius 2 is 1.83 bits per heavy atom. The number of benzene rings is 1. The van der Waals surface area contributed by atoms with E-state index in [0.717, 1.165) is 10.6 Å². The molecule has 0 saturated carbocycles. The molecule has 2 rings (SSSR count). The van der Waals surface area contributed by atoms with Crippen LogP contribution in [0.25, 0.3) is 0 Å². The second-order valence-corrected chi connectivity index (χ2v) is 7.53. The van der Waals surface area contributed by atoms with Crippen molar-refractivity contribution in [2.75, 3.05) is 11.9 Å². The third-order valence-electron chi connectivity index (χ3n) is 3.23. The Morgan fingerprint density at radius 3 is 2.50 bits per heavy atom. The van der Waals surface area contributed by atoms with Crippen molar-refractivity contribution in [2.45, 2.75) is 33.6 Å². The van der Waals surface area contributed by atoms with Gasteiger partial charge in [-0.15, -0.1) is 10.2 Å². The highest BCUT2D eigenvalue weighted by Gasteiger charge is 2.20. The Hall–Kier alpha value is -2.28. The highest BCUT2D eigenvalue weighted by Crippen LogP contribution is 2.18. The van der Waals surface area contributed by atoms with Crippen LogP contribution in [0.15, 0.2) is 30.3 Å². The summed E-state index contributed by atoms with van der Waals surface area (Å²) < 4.78 is 0. The van der Waals surface area contributed by atoms with Crippen LogP contribution in [0.2, 0.25) is 0 Å². The molecule has 0 aliphatic rings. The summed E-state index contributed by atoms with van der Waals surface area (Å²) in [4.78, 5) is 23.6. The zero-order valence-electron chi connectivity index (χ0n) is 14.1. The van der Waals surface area contributed by atoms with Gasteiger partial charge in [0.25, 0.3) is 0 Å². The number of carbonyl (C=O) groups is 2. The van der Waals surface area contributed by atoms with Crippen molar-refractivity contribution < 1.29 is 9.59 Å². The van der Waals surface area contributed by atoms with E-state index in [1.807, 2.05) is 51.1 Å². The Bertz CT molecular complexity index is 692. The lowest BCUT2D eigenvalue weighted by atomic mass is 9.96. The van der Waals surface area contributed by atoms with E-state index in [-0.39, 0.29) is 18.2 Å². The van der Waals surface area contributed by atoms with E-state index in [9.17, 15) is 9.59 Å². The van der Waals surface area contributed by atoms with Crippen LogP contribution < -0.4 is 10.6 Å². The van der Waals surface area contributed by atoms with E-state index < -0.39 is 5.41 Å². The second-order valence-electron chi connectivity index (χ2n) is 6.47. The fourth-order valence-corrected chi connectivity index (χ4v) is 2.67. The summed E-state index contributed by atoms with van der Waals surface area (Å²) in [5.41, 5.74) is 0.693. The van der Waals surface area contributed by atoms with Crippen molar-refractivity contribution in [3.8, 4) is 0 Å². The molecule has 0 aliphatic carbocycles. The van der Waals surface area contributed by atoms with Crippen LogP contribution in [0.3, 0.4) is 0 Å². The third-order valence-corrected chi connectivity index (χ3v) is 4.07. The molecule has 1 aromatic carbocycles. The molecule has 128 valence electrons. The summed E-state index contributed by atoms with van der Waals surface area (Å²) >= 11 is 1.36. The molecule has 0 spiro atoms. The van der Waals surface area contributed by atoms with Gasteiger partial charge in [0.05, 0.1) is 0 Å². The monoisotopic (exact) mass is 346 g/mol. The number of nitrogens with zero attached hydrogens (tertiary/aromatic N) is 2. The average molecular weight is 346 g/mol. The number of hydrogen-bond donors (Lipinski definition) is 2. The first-order valence-electron chi connectivity index (χ1n) is 7.79. The first-order chi connectivity index (χ1) is 11.3. The zero-order valence-corrected chi connectivity index (χ0v) is 14.9. The maximum Gasteiger partial charge on any atom is 0.227 e. The van der Waals surface area contributed by atoms with E-state index in [1.165, 1.54) is 11.3 Å². The van der Waals surface area contributed by atoms with Gasteiger partial charge in [-0.05, 0) is 5.56 Å². The molecule has 1 aromatic heterocycles. The molecule has 24 heavy (non-hydrogen) atoms. The molecule has 0 saturated heterocycles. The highest BCUT2D eigenvalue weighted by atomic mass is 32.1. The Kier molecular flexibility index (Phi) is 6.03. The van der Waals surface area contributed by atoms with Crippen molar-refractivity contribution in [1.29, 1.82) is 0 Å². The van der Waals surface area contributed by atoms with Gasteiger partial charge in [0, 0.05) is 24.8 Å². The van der Waals surface area contributed by atoms with Gasteiger partial charge >= 0.3 is 0 Å². The summed E-state index contributed by atoms with van der Waals surface area (Å²) in [5.74, 6) is -0.261. The first-order valence-corrected chi connectivity index (χ1v) is 8.61. The number of amides is 2. The molecule has 0 aliphatic heterocycles. The lowest BCUT2D eigenvalue weighted by molar-refractivity contribution is -0.128. The summed E-state index contributed by atoms with van der Waals surface area (Å²) in [7, 11) is 0. The lowest BCUT2D eigenvalue weighted by Gasteiger charge is -2.17. The molecule has 0 radical (unpaired) electrons. The molecule has 6 nitrogen and oxygen atoms in total. The van der Waals surface area contributed by atoms with Crippen LogP contribution in [-0.4, -0.2) is 28.6 Å². The minimum absolute atomic E-state index is 0.0728. The highest BCUT2D eigenvalue weighted by molar-refractivity contribution is 7.15. The quantitative estimate of drug-likeness (QED) is 0.842. The van der Waals surface area contributed by atoms with Gasteiger partial charge in [-0.3, -0.25) is 9.59 Å². The van der Waals surface area contributed by atoms with Crippen molar-refractivity contribution in [1.82, 2.24) is 15.5 Å². The Morgan fingerprint density at radius 1 is 1.12 bits per heavy atom. The van der Waals surface area contributed by atoms with Crippen LogP contribution in [0.1, 0.15) is 37.8 Å². The van der Waals surface area contributed by atoms with Crippen LogP contribution in [0.5, 0.6) is 0 Å². The summed E-state index contributed by atoms with van der Waals surface area (Å²) in [5, 5.41) is 14.9. The third kappa shape index (κ3) is 5.73. The molecule has 2 N–H and O–H groups in total. The van der Waals surface area contributed by atoms with E-state index in [4.69, 9.17) is 0 Å². The predicted octanol–water partition coefficient (Wildman–Crippen LogP) is 2.62. The molecule has 0 bridgehead atoms. The number of carbonyl (C=O) groups excluding carboxylic acids is 2. The van der Waals surface area contributed by atoms with Crippen molar-refractivity contribution in [3.05, 3.63) is 40.9 Å². The molecule has 0 fully saturated rings. The molecular formula is C17H22N4O2S. The molecular weight excluding hydrogens is 324 g/mol. The maximum atomic E-state index is 11.9. The van der Waals surface area contributed by atoms with Gasteiger partial charge in [-0.25, -0.2) is 0 Å². The number of hydrogen-bond acceptors (Lipinski definition) is 5. The second kappa shape index (κ2) is 8.01. The minimum Gasteiger partial charge on any atom is -0.355 e. The fraction of sp³-hybridized carbons (Fsp3) is 0.412. The van der Waals surface area contributed by atoms with E-state index in [1.54, 1.807) is 0 Å². The van der Waals surface area contributed by atoms with Crippen LogP contribution in [0.4, 0.5) is 5.13 Å². The predicted molar refractivity (Wildman–Crippen MR) is 94.9 cm³/mol. The normalized spacial score (nSPS) is 11.1. The summed E-state index contributed by atoms with van der Waals surface area (Å²) in [6.07, 6.45) is 0.894. The van der Waals surface area contributed by atoms with Gasteiger partial charge in [0.1, 0.15) is 5.01 Å². The Labute approximate surface area is 145 Å². The smallest absolute Gasteiger partial charge is 0.227 e. The topological polar surface area (TPSA) is 84.0 Å². The minimum atomic E-state index is -0.456. The fourth-order valence-electron chi connectivity index (χ4n) is 1.88.